The molecule has 5 rings (SSSR count). The molecular formula is C39H47N. The van der Waals surface area contributed by atoms with E-state index in [0.717, 1.165) is 0 Å². The van der Waals surface area contributed by atoms with Gasteiger partial charge in [-0.05, 0) is 76.6 Å². The molecule has 0 atom stereocenters. The van der Waals surface area contributed by atoms with Crippen molar-refractivity contribution in [1.82, 2.24) is 0 Å². The van der Waals surface area contributed by atoms with E-state index in [0.29, 0.717) is 0 Å². The first-order valence-corrected chi connectivity index (χ1v) is 14.8. The van der Waals surface area contributed by atoms with E-state index < -0.39 is 0 Å². The number of benzene rings is 4. The van der Waals surface area contributed by atoms with Gasteiger partial charge in [0.1, 0.15) is 0 Å². The predicted octanol–water partition coefficient (Wildman–Crippen LogP) is 11.2. The Morgan fingerprint density at radius 1 is 0.525 bits per heavy atom. The molecule has 1 aliphatic rings. The third kappa shape index (κ3) is 4.68. The van der Waals surface area contributed by atoms with Gasteiger partial charge in [-0.3, -0.25) is 0 Å². The summed E-state index contributed by atoms with van der Waals surface area (Å²) in [6.45, 7) is 26.0. The molecule has 0 unspecified atom stereocenters. The highest BCUT2D eigenvalue weighted by Crippen LogP contribution is 2.54. The van der Waals surface area contributed by atoms with E-state index in [1.54, 1.807) is 0 Å². The SMILES string of the molecule is CC(C)(C)c1cc2c(cc1N(c1c(-c3ccccc3)cccc1C(C)(C)C)C(C)(C)C)-c1ccccc1C2(C)C. The molecule has 208 valence electrons. The average Bonchev–Trinajstić information content (AvgIpc) is 3.09. The van der Waals surface area contributed by atoms with E-state index in [1.165, 1.54) is 55.9 Å². The van der Waals surface area contributed by atoms with Crippen LogP contribution in [0.4, 0.5) is 11.4 Å². The molecular weight excluding hydrogens is 482 g/mol. The summed E-state index contributed by atoms with van der Waals surface area (Å²) in [6, 6.07) is 31.8. The fourth-order valence-electron chi connectivity index (χ4n) is 6.58. The van der Waals surface area contributed by atoms with E-state index >= 15 is 0 Å². The Hall–Kier alpha value is -3.32. The Bertz CT molecular complexity index is 1550. The summed E-state index contributed by atoms with van der Waals surface area (Å²) >= 11 is 0. The van der Waals surface area contributed by atoms with Crippen molar-refractivity contribution in [3.8, 4) is 22.3 Å². The molecule has 40 heavy (non-hydrogen) atoms. The highest BCUT2D eigenvalue weighted by Gasteiger charge is 2.40. The van der Waals surface area contributed by atoms with E-state index in [4.69, 9.17) is 0 Å². The highest BCUT2D eigenvalue weighted by molar-refractivity contribution is 5.91. The highest BCUT2D eigenvalue weighted by atomic mass is 15.2. The van der Waals surface area contributed by atoms with Crippen LogP contribution in [0.15, 0.2) is 84.9 Å². The molecule has 0 spiro atoms. The first kappa shape index (κ1) is 28.2. The van der Waals surface area contributed by atoms with Crippen molar-refractivity contribution >= 4 is 11.4 Å². The molecule has 1 nitrogen and oxygen atoms in total. The zero-order valence-corrected chi connectivity index (χ0v) is 26.5. The smallest absolute Gasteiger partial charge is 0.0533 e. The molecule has 0 saturated heterocycles. The monoisotopic (exact) mass is 529 g/mol. The third-order valence-electron chi connectivity index (χ3n) is 8.57. The molecule has 0 saturated carbocycles. The molecule has 0 bridgehead atoms. The second kappa shape index (κ2) is 9.37. The van der Waals surface area contributed by atoms with Crippen LogP contribution in [-0.2, 0) is 16.2 Å². The Kier molecular flexibility index (Phi) is 6.61. The van der Waals surface area contributed by atoms with Gasteiger partial charge in [-0.25, -0.2) is 0 Å². The number of hydrogen-bond acceptors (Lipinski definition) is 1. The number of nitrogens with zero attached hydrogens (tertiary/aromatic N) is 1. The minimum atomic E-state index is -0.174. The van der Waals surface area contributed by atoms with Gasteiger partial charge < -0.3 is 4.90 Å². The molecule has 0 aromatic heterocycles. The van der Waals surface area contributed by atoms with E-state index in [1.807, 2.05) is 0 Å². The molecule has 0 fully saturated rings. The molecule has 0 amide bonds. The van der Waals surface area contributed by atoms with Gasteiger partial charge >= 0.3 is 0 Å². The van der Waals surface area contributed by atoms with E-state index in [2.05, 4.69) is 166 Å². The van der Waals surface area contributed by atoms with E-state index in [-0.39, 0.29) is 21.8 Å². The summed E-state index contributed by atoms with van der Waals surface area (Å²) in [5.74, 6) is 0. The molecule has 0 aliphatic heterocycles. The lowest BCUT2D eigenvalue weighted by molar-refractivity contribution is 0.532. The maximum absolute atomic E-state index is 2.66. The summed E-state index contributed by atoms with van der Waals surface area (Å²) < 4.78 is 0. The van der Waals surface area contributed by atoms with Crippen molar-refractivity contribution in [2.24, 2.45) is 0 Å². The molecule has 0 radical (unpaired) electrons. The van der Waals surface area contributed by atoms with Crippen LogP contribution in [0.2, 0.25) is 0 Å². The number of fused-ring (bicyclic) bond motifs is 3. The van der Waals surface area contributed by atoms with Crippen LogP contribution in [0.3, 0.4) is 0 Å². The number of para-hydroxylation sites is 1. The maximum Gasteiger partial charge on any atom is 0.0533 e. The Labute approximate surface area is 243 Å². The van der Waals surface area contributed by atoms with Crippen LogP contribution in [0, 0.1) is 0 Å². The Balaban J connectivity index is 1.92. The van der Waals surface area contributed by atoms with Gasteiger partial charge in [-0.1, -0.05) is 134 Å². The topological polar surface area (TPSA) is 3.24 Å². The quantitative estimate of drug-likeness (QED) is 0.255. The minimum absolute atomic E-state index is 0.0309. The summed E-state index contributed by atoms with van der Waals surface area (Å²) in [5.41, 5.74) is 13.2. The van der Waals surface area contributed by atoms with Gasteiger partial charge in [0.25, 0.3) is 0 Å². The van der Waals surface area contributed by atoms with Crippen LogP contribution in [0.5, 0.6) is 0 Å². The fourth-order valence-corrected chi connectivity index (χ4v) is 6.58. The van der Waals surface area contributed by atoms with Gasteiger partial charge in [-0.15, -0.1) is 0 Å². The molecule has 0 N–H and O–H groups in total. The molecule has 1 heteroatoms. The van der Waals surface area contributed by atoms with Crippen molar-refractivity contribution in [2.75, 3.05) is 4.90 Å². The largest absolute Gasteiger partial charge is 0.335 e. The fraction of sp³-hybridized carbons (Fsp3) is 0.385. The summed E-state index contributed by atoms with van der Waals surface area (Å²) in [6.07, 6.45) is 0. The van der Waals surface area contributed by atoms with Crippen LogP contribution in [0.1, 0.15) is 98.4 Å². The third-order valence-corrected chi connectivity index (χ3v) is 8.57. The summed E-state index contributed by atoms with van der Waals surface area (Å²) in [7, 11) is 0. The minimum Gasteiger partial charge on any atom is -0.335 e. The Morgan fingerprint density at radius 2 is 1.10 bits per heavy atom. The van der Waals surface area contributed by atoms with Crippen LogP contribution >= 0.6 is 0 Å². The first-order valence-electron chi connectivity index (χ1n) is 14.8. The normalized spacial score (nSPS) is 14.6. The zero-order chi connectivity index (χ0) is 29.3. The van der Waals surface area contributed by atoms with Crippen LogP contribution < -0.4 is 4.90 Å². The zero-order valence-electron chi connectivity index (χ0n) is 26.5. The first-order chi connectivity index (χ1) is 18.5. The lowest BCUT2D eigenvalue weighted by atomic mass is 9.77. The van der Waals surface area contributed by atoms with Crippen molar-refractivity contribution < 1.29 is 0 Å². The summed E-state index contributed by atoms with van der Waals surface area (Å²) in [4.78, 5) is 2.66. The van der Waals surface area contributed by atoms with Crippen LogP contribution in [-0.4, -0.2) is 5.54 Å². The second-order valence-corrected chi connectivity index (χ2v) is 15.2. The molecule has 1 aliphatic carbocycles. The Morgan fingerprint density at radius 3 is 1.70 bits per heavy atom. The van der Waals surface area contributed by atoms with Crippen molar-refractivity contribution in [2.45, 2.75) is 97.9 Å². The number of hydrogen-bond donors (Lipinski definition) is 0. The second-order valence-electron chi connectivity index (χ2n) is 15.2. The molecule has 4 aromatic rings. The van der Waals surface area contributed by atoms with Gasteiger partial charge in [0.05, 0.1) is 5.69 Å². The van der Waals surface area contributed by atoms with Gasteiger partial charge in [0.2, 0.25) is 0 Å². The number of rotatable bonds is 3. The van der Waals surface area contributed by atoms with Gasteiger partial charge in [0.15, 0.2) is 0 Å². The van der Waals surface area contributed by atoms with Gasteiger partial charge in [-0.2, -0.15) is 0 Å². The van der Waals surface area contributed by atoms with Crippen molar-refractivity contribution in [1.29, 1.82) is 0 Å². The average molecular weight is 530 g/mol. The lowest BCUT2D eigenvalue weighted by Gasteiger charge is -2.44. The lowest BCUT2D eigenvalue weighted by Crippen LogP contribution is -2.41. The van der Waals surface area contributed by atoms with E-state index in [9.17, 15) is 0 Å². The summed E-state index contributed by atoms with van der Waals surface area (Å²) in [5, 5.41) is 0. The predicted molar refractivity (Wildman–Crippen MR) is 175 cm³/mol. The van der Waals surface area contributed by atoms with Crippen LogP contribution in [0.25, 0.3) is 22.3 Å². The number of anilines is 2. The molecule has 0 heterocycles. The van der Waals surface area contributed by atoms with Crippen molar-refractivity contribution in [3.63, 3.8) is 0 Å². The van der Waals surface area contributed by atoms with Crippen molar-refractivity contribution in [3.05, 3.63) is 107 Å². The van der Waals surface area contributed by atoms with Gasteiger partial charge in [0, 0.05) is 22.2 Å². The molecule has 4 aromatic carbocycles. The standard InChI is InChI=1S/C39H47N/c1-36(2,3)31-23-17-21-27(26-18-13-12-14-19-26)35(31)40(38(7,8)9)34-24-29-28-20-15-16-22-30(28)39(10,11)32(29)25-33(34)37(4,5)6/h12-25H,1-11H3. The maximum atomic E-state index is 2.66.